The molecule has 0 aliphatic heterocycles. The standard InChI is InChI=1S/C9H12O5S2/c1-9(2,3)14-8(10)7-6(4-5-15-7)16(11,12)13/h4-5H,1-3H3,(H,11,12,13). The van der Waals surface area contributed by atoms with Crippen molar-refractivity contribution in [2.45, 2.75) is 31.3 Å². The van der Waals surface area contributed by atoms with E-state index in [9.17, 15) is 13.2 Å². The Bertz CT molecular complexity index is 492. The minimum Gasteiger partial charge on any atom is -0.456 e. The van der Waals surface area contributed by atoms with Gasteiger partial charge in [0.1, 0.15) is 15.4 Å². The van der Waals surface area contributed by atoms with Gasteiger partial charge in [0.05, 0.1) is 0 Å². The maximum absolute atomic E-state index is 11.6. The number of esters is 1. The second-order valence-electron chi connectivity index (χ2n) is 4.09. The molecule has 0 fully saturated rings. The van der Waals surface area contributed by atoms with Crippen LogP contribution in [0.25, 0.3) is 0 Å². The highest BCUT2D eigenvalue weighted by molar-refractivity contribution is 7.86. The summed E-state index contributed by atoms with van der Waals surface area (Å²) >= 11 is 0.912. The highest BCUT2D eigenvalue weighted by atomic mass is 32.2. The first-order chi connectivity index (χ1) is 7.11. The fourth-order valence-electron chi connectivity index (χ4n) is 0.974. The predicted molar refractivity (Wildman–Crippen MR) is 59.3 cm³/mol. The molecule has 1 rings (SSSR count). The minimum atomic E-state index is -4.38. The molecule has 0 unspecified atom stereocenters. The van der Waals surface area contributed by atoms with E-state index in [1.165, 1.54) is 11.4 Å². The smallest absolute Gasteiger partial charge is 0.350 e. The Hall–Kier alpha value is -0.920. The Morgan fingerprint density at radius 1 is 1.44 bits per heavy atom. The van der Waals surface area contributed by atoms with Crippen LogP contribution in [-0.4, -0.2) is 24.5 Å². The number of ether oxygens (including phenoxy) is 1. The quantitative estimate of drug-likeness (QED) is 0.652. The number of hydrogen-bond donors (Lipinski definition) is 1. The van der Waals surface area contributed by atoms with Crippen LogP contribution in [0.4, 0.5) is 0 Å². The number of rotatable bonds is 2. The Kier molecular flexibility index (Phi) is 3.41. The van der Waals surface area contributed by atoms with Crippen molar-refractivity contribution in [3.8, 4) is 0 Å². The van der Waals surface area contributed by atoms with Crippen molar-refractivity contribution in [2.24, 2.45) is 0 Å². The zero-order chi connectivity index (χ0) is 12.6. The van der Waals surface area contributed by atoms with Gasteiger partial charge in [-0.15, -0.1) is 11.3 Å². The molecule has 0 saturated heterocycles. The summed E-state index contributed by atoms with van der Waals surface area (Å²) < 4.78 is 35.8. The summed E-state index contributed by atoms with van der Waals surface area (Å²) in [6.07, 6.45) is 0. The molecular weight excluding hydrogens is 252 g/mol. The van der Waals surface area contributed by atoms with Gasteiger partial charge in [0.15, 0.2) is 0 Å². The molecule has 1 N–H and O–H groups in total. The fourth-order valence-corrected chi connectivity index (χ4v) is 2.74. The van der Waals surface area contributed by atoms with Gasteiger partial charge in [0.2, 0.25) is 0 Å². The molecule has 0 aromatic carbocycles. The van der Waals surface area contributed by atoms with E-state index in [0.29, 0.717) is 0 Å². The molecule has 0 aliphatic carbocycles. The van der Waals surface area contributed by atoms with Crippen molar-refractivity contribution in [3.63, 3.8) is 0 Å². The van der Waals surface area contributed by atoms with E-state index in [1.807, 2.05) is 0 Å². The first-order valence-corrected chi connectivity index (χ1v) is 6.71. The van der Waals surface area contributed by atoms with Crippen LogP contribution >= 0.6 is 11.3 Å². The number of hydrogen-bond acceptors (Lipinski definition) is 5. The molecule has 0 aliphatic rings. The Morgan fingerprint density at radius 3 is 2.44 bits per heavy atom. The molecule has 1 heterocycles. The minimum absolute atomic E-state index is 0.113. The molecule has 16 heavy (non-hydrogen) atoms. The van der Waals surface area contributed by atoms with Crippen LogP contribution in [0.2, 0.25) is 0 Å². The molecule has 1 aromatic heterocycles. The van der Waals surface area contributed by atoms with Crippen molar-refractivity contribution in [2.75, 3.05) is 0 Å². The summed E-state index contributed by atoms with van der Waals surface area (Å²) in [5.74, 6) is -0.755. The average Bonchev–Trinajstić information content (AvgIpc) is 2.45. The van der Waals surface area contributed by atoms with Crippen molar-refractivity contribution < 1.29 is 22.5 Å². The zero-order valence-corrected chi connectivity index (χ0v) is 10.7. The van der Waals surface area contributed by atoms with Gasteiger partial charge in [-0.2, -0.15) is 8.42 Å². The van der Waals surface area contributed by atoms with Gasteiger partial charge < -0.3 is 4.74 Å². The lowest BCUT2D eigenvalue weighted by molar-refractivity contribution is 0.00709. The molecular formula is C9H12O5S2. The van der Waals surface area contributed by atoms with Crippen LogP contribution in [-0.2, 0) is 14.9 Å². The largest absolute Gasteiger partial charge is 0.456 e. The first-order valence-electron chi connectivity index (χ1n) is 4.39. The van der Waals surface area contributed by atoms with Gasteiger partial charge in [0, 0.05) is 0 Å². The fraction of sp³-hybridized carbons (Fsp3) is 0.444. The summed E-state index contributed by atoms with van der Waals surface area (Å²) in [6.45, 7) is 5.02. The maximum Gasteiger partial charge on any atom is 0.350 e. The Labute approximate surface area is 97.8 Å². The average molecular weight is 264 g/mol. The molecule has 0 radical (unpaired) electrons. The number of thiophene rings is 1. The first kappa shape index (κ1) is 13.1. The highest BCUT2D eigenvalue weighted by Gasteiger charge is 2.26. The number of carbonyl (C=O) groups is 1. The Morgan fingerprint density at radius 2 is 2.00 bits per heavy atom. The van der Waals surface area contributed by atoms with Gasteiger partial charge in [-0.05, 0) is 32.2 Å². The molecule has 0 spiro atoms. The lowest BCUT2D eigenvalue weighted by atomic mass is 10.2. The molecule has 5 nitrogen and oxygen atoms in total. The van der Waals surface area contributed by atoms with Crippen LogP contribution in [0.1, 0.15) is 30.4 Å². The molecule has 0 saturated carbocycles. The second-order valence-corrected chi connectivity index (χ2v) is 6.40. The normalized spacial score (nSPS) is 12.5. The van der Waals surface area contributed by atoms with E-state index in [-0.39, 0.29) is 4.88 Å². The van der Waals surface area contributed by atoms with Gasteiger partial charge in [0.25, 0.3) is 10.1 Å². The topological polar surface area (TPSA) is 80.7 Å². The highest BCUT2D eigenvalue weighted by Crippen LogP contribution is 2.24. The Balaban J connectivity index is 3.07. The van der Waals surface area contributed by atoms with E-state index in [2.05, 4.69) is 0 Å². The van der Waals surface area contributed by atoms with Crippen molar-refractivity contribution >= 4 is 27.4 Å². The second kappa shape index (κ2) is 4.15. The summed E-state index contributed by atoms with van der Waals surface area (Å²) in [6, 6.07) is 1.17. The van der Waals surface area contributed by atoms with E-state index in [4.69, 9.17) is 9.29 Å². The van der Waals surface area contributed by atoms with Crippen molar-refractivity contribution in [1.82, 2.24) is 0 Å². The third-order valence-corrected chi connectivity index (χ3v) is 3.41. The van der Waals surface area contributed by atoms with Gasteiger partial charge in [-0.25, -0.2) is 4.79 Å². The summed E-state index contributed by atoms with van der Waals surface area (Å²) in [5.41, 5.74) is -0.711. The molecule has 0 amide bonds. The molecule has 0 bridgehead atoms. The molecule has 90 valence electrons. The monoisotopic (exact) mass is 264 g/mol. The van der Waals surface area contributed by atoms with Crippen LogP contribution < -0.4 is 0 Å². The van der Waals surface area contributed by atoms with Crippen LogP contribution in [0.5, 0.6) is 0 Å². The molecule has 0 atom stereocenters. The van der Waals surface area contributed by atoms with E-state index in [1.54, 1.807) is 20.8 Å². The van der Waals surface area contributed by atoms with Crippen LogP contribution in [0, 0.1) is 0 Å². The number of carbonyl (C=O) groups excluding carboxylic acids is 1. The lowest BCUT2D eigenvalue weighted by Gasteiger charge is -2.19. The van der Waals surface area contributed by atoms with Crippen LogP contribution in [0.15, 0.2) is 16.3 Å². The van der Waals surface area contributed by atoms with E-state index < -0.39 is 26.6 Å². The van der Waals surface area contributed by atoms with Gasteiger partial charge >= 0.3 is 5.97 Å². The third kappa shape index (κ3) is 3.29. The summed E-state index contributed by atoms with van der Waals surface area (Å²) in [5, 5.41) is 1.41. The maximum atomic E-state index is 11.6. The van der Waals surface area contributed by atoms with E-state index >= 15 is 0 Å². The predicted octanol–water partition coefficient (Wildman–Crippen LogP) is 1.95. The SMILES string of the molecule is CC(C)(C)OC(=O)c1sccc1S(=O)(=O)O. The lowest BCUT2D eigenvalue weighted by Crippen LogP contribution is -2.24. The summed E-state index contributed by atoms with van der Waals surface area (Å²) in [7, 11) is -4.38. The van der Waals surface area contributed by atoms with Gasteiger partial charge in [-0.1, -0.05) is 0 Å². The summed E-state index contributed by atoms with van der Waals surface area (Å²) in [4.78, 5) is 11.1. The van der Waals surface area contributed by atoms with E-state index in [0.717, 1.165) is 11.3 Å². The van der Waals surface area contributed by atoms with Crippen molar-refractivity contribution in [3.05, 3.63) is 16.3 Å². The molecule has 7 heteroatoms. The van der Waals surface area contributed by atoms with Crippen LogP contribution in [0.3, 0.4) is 0 Å². The molecule has 1 aromatic rings. The van der Waals surface area contributed by atoms with Gasteiger partial charge in [-0.3, -0.25) is 4.55 Å². The van der Waals surface area contributed by atoms with Crippen molar-refractivity contribution in [1.29, 1.82) is 0 Å². The third-order valence-electron chi connectivity index (χ3n) is 1.49. The zero-order valence-electron chi connectivity index (χ0n) is 9.05.